The van der Waals surface area contributed by atoms with Crippen LogP contribution in [0, 0.1) is 5.41 Å². The first-order valence-electron chi connectivity index (χ1n) is 5.46. The summed E-state index contributed by atoms with van der Waals surface area (Å²) in [6.45, 7) is 6.41. The van der Waals surface area contributed by atoms with Crippen molar-refractivity contribution in [2.45, 2.75) is 45.6 Å². The van der Waals surface area contributed by atoms with Gasteiger partial charge in [-0.05, 0) is 24.7 Å². The number of hydrogen-bond donors (Lipinski definition) is 2. The molecule has 1 heterocycles. The fourth-order valence-electron chi connectivity index (χ4n) is 2.50. The SMILES string of the molecule is CC(C)(C)C1(CO)CCCCN1C(=O)O. The quantitative estimate of drug-likeness (QED) is 0.702. The molecule has 1 saturated heterocycles. The Morgan fingerprint density at radius 2 is 2.00 bits per heavy atom. The summed E-state index contributed by atoms with van der Waals surface area (Å²) in [7, 11) is 0. The first-order chi connectivity index (χ1) is 6.85. The second kappa shape index (κ2) is 4.00. The third-order valence-corrected chi connectivity index (χ3v) is 3.63. The molecule has 1 rings (SSSR count). The van der Waals surface area contributed by atoms with Crippen molar-refractivity contribution >= 4 is 6.09 Å². The summed E-state index contributed by atoms with van der Waals surface area (Å²) in [6.07, 6.45) is 1.71. The Labute approximate surface area is 90.9 Å². The molecule has 0 bridgehead atoms. The molecule has 88 valence electrons. The molecule has 4 nitrogen and oxygen atoms in total. The van der Waals surface area contributed by atoms with Gasteiger partial charge in [0.1, 0.15) is 0 Å². The third kappa shape index (κ3) is 1.95. The Bertz CT molecular complexity index is 247. The molecule has 0 aromatic rings. The number of aliphatic hydroxyl groups is 1. The molecular formula is C11H21NO3. The van der Waals surface area contributed by atoms with Crippen molar-refractivity contribution in [3.8, 4) is 0 Å². The van der Waals surface area contributed by atoms with Gasteiger partial charge in [0.15, 0.2) is 0 Å². The lowest BCUT2D eigenvalue weighted by Gasteiger charge is -2.52. The van der Waals surface area contributed by atoms with Crippen molar-refractivity contribution in [3.63, 3.8) is 0 Å². The highest BCUT2D eigenvalue weighted by molar-refractivity contribution is 5.66. The Kier molecular flexibility index (Phi) is 3.28. The average molecular weight is 215 g/mol. The van der Waals surface area contributed by atoms with Gasteiger partial charge in [-0.25, -0.2) is 4.79 Å². The summed E-state index contributed by atoms with van der Waals surface area (Å²) < 4.78 is 0. The van der Waals surface area contributed by atoms with Crippen LogP contribution in [-0.2, 0) is 0 Å². The van der Waals surface area contributed by atoms with Crippen LogP contribution in [0.2, 0.25) is 0 Å². The van der Waals surface area contributed by atoms with Gasteiger partial charge >= 0.3 is 6.09 Å². The average Bonchev–Trinajstić information content (AvgIpc) is 2.15. The van der Waals surface area contributed by atoms with E-state index in [4.69, 9.17) is 0 Å². The van der Waals surface area contributed by atoms with Gasteiger partial charge in [-0.1, -0.05) is 20.8 Å². The van der Waals surface area contributed by atoms with E-state index >= 15 is 0 Å². The molecule has 0 aromatic carbocycles. The van der Waals surface area contributed by atoms with E-state index in [1.54, 1.807) is 0 Å². The minimum atomic E-state index is -0.918. The molecule has 1 fully saturated rings. The molecule has 0 saturated carbocycles. The topological polar surface area (TPSA) is 60.8 Å². The van der Waals surface area contributed by atoms with E-state index in [1.807, 2.05) is 20.8 Å². The zero-order valence-corrected chi connectivity index (χ0v) is 9.79. The predicted molar refractivity (Wildman–Crippen MR) is 57.9 cm³/mol. The lowest BCUT2D eigenvalue weighted by atomic mass is 9.68. The normalized spacial score (nSPS) is 27.9. The van der Waals surface area contributed by atoms with Crippen LogP contribution in [0.4, 0.5) is 4.79 Å². The molecule has 15 heavy (non-hydrogen) atoms. The van der Waals surface area contributed by atoms with Gasteiger partial charge in [0.05, 0.1) is 12.1 Å². The lowest BCUT2D eigenvalue weighted by molar-refractivity contribution is -0.0588. The minimum absolute atomic E-state index is 0.0944. The molecule has 0 spiro atoms. The van der Waals surface area contributed by atoms with Gasteiger partial charge in [0, 0.05) is 6.54 Å². The molecule has 1 aliphatic rings. The molecule has 1 amide bonds. The number of nitrogens with zero attached hydrogens (tertiary/aromatic N) is 1. The second-order valence-corrected chi connectivity index (χ2v) is 5.33. The maximum Gasteiger partial charge on any atom is 0.407 e. The van der Waals surface area contributed by atoms with Crippen LogP contribution < -0.4 is 0 Å². The van der Waals surface area contributed by atoms with Crippen LogP contribution in [0.25, 0.3) is 0 Å². The Hall–Kier alpha value is -0.770. The van der Waals surface area contributed by atoms with E-state index in [2.05, 4.69) is 0 Å². The van der Waals surface area contributed by atoms with E-state index in [9.17, 15) is 15.0 Å². The molecule has 0 aliphatic carbocycles. The van der Waals surface area contributed by atoms with E-state index in [1.165, 1.54) is 4.90 Å². The molecule has 2 N–H and O–H groups in total. The van der Waals surface area contributed by atoms with Crippen LogP contribution >= 0.6 is 0 Å². The maximum absolute atomic E-state index is 11.2. The van der Waals surface area contributed by atoms with Crippen LogP contribution in [0.5, 0.6) is 0 Å². The van der Waals surface area contributed by atoms with E-state index in [0.717, 1.165) is 19.3 Å². The number of carboxylic acid groups (broad SMARTS) is 1. The van der Waals surface area contributed by atoms with E-state index < -0.39 is 11.6 Å². The van der Waals surface area contributed by atoms with E-state index in [-0.39, 0.29) is 12.0 Å². The van der Waals surface area contributed by atoms with Crippen LogP contribution in [-0.4, -0.2) is 39.9 Å². The first-order valence-corrected chi connectivity index (χ1v) is 5.46. The molecule has 0 radical (unpaired) electrons. The zero-order valence-electron chi connectivity index (χ0n) is 9.79. The zero-order chi connectivity index (χ0) is 11.7. The first kappa shape index (κ1) is 12.3. The highest BCUT2D eigenvalue weighted by Gasteiger charge is 2.49. The monoisotopic (exact) mass is 215 g/mol. The summed E-state index contributed by atoms with van der Waals surface area (Å²) in [5, 5.41) is 18.8. The molecular weight excluding hydrogens is 194 g/mol. The maximum atomic E-state index is 11.2. The fourth-order valence-corrected chi connectivity index (χ4v) is 2.50. The van der Waals surface area contributed by atoms with Crippen molar-refractivity contribution in [2.24, 2.45) is 5.41 Å². The van der Waals surface area contributed by atoms with Crippen molar-refractivity contribution in [1.29, 1.82) is 0 Å². The van der Waals surface area contributed by atoms with Crippen molar-refractivity contribution < 1.29 is 15.0 Å². The van der Waals surface area contributed by atoms with E-state index in [0.29, 0.717) is 6.54 Å². The minimum Gasteiger partial charge on any atom is -0.465 e. The number of piperidine rings is 1. The second-order valence-electron chi connectivity index (χ2n) is 5.33. The highest BCUT2D eigenvalue weighted by atomic mass is 16.4. The van der Waals surface area contributed by atoms with Gasteiger partial charge in [-0.2, -0.15) is 0 Å². The Balaban J connectivity index is 3.07. The summed E-state index contributed by atoms with van der Waals surface area (Å²) in [5.41, 5.74) is -0.850. The largest absolute Gasteiger partial charge is 0.465 e. The van der Waals surface area contributed by atoms with Crippen molar-refractivity contribution in [2.75, 3.05) is 13.2 Å². The van der Waals surface area contributed by atoms with Crippen molar-refractivity contribution in [1.82, 2.24) is 4.90 Å². The highest BCUT2D eigenvalue weighted by Crippen LogP contribution is 2.42. The van der Waals surface area contributed by atoms with Gasteiger partial charge in [-0.3, -0.25) is 4.90 Å². The molecule has 1 aliphatic heterocycles. The Morgan fingerprint density at radius 1 is 1.40 bits per heavy atom. The molecule has 4 heteroatoms. The predicted octanol–water partition coefficient (Wildman–Crippen LogP) is 1.93. The van der Waals surface area contributed by atoms with Gasteiger partial charge in [0.2, 0.25) is 0 Å². The van der Waals surface area contributed by atoms with Gasteiger partial charge in [-0.15, -0.1) is 0 Å². The number of hydrogen-bond acceptors (Lipinski definition) is 2. The fraction of sp³-hybridized carbons (Fsp3) is 0.909. The van der Waals surface area contributed by atoms with Crippen LogP contribution in [0.15, 0.2) is 0 Å². The third-order valence-electron chi connectivity index (χ3n) is 3.63. The van der Waals surface area contributed by atoms with Gasteiger partial charge in [0.25, 0.3) is 0 Å². The Morgan fingerprint density at radius 3 is 2.33 bits per heavy atom. The number of rotatable bonds is 1. The number of amides is 1. The molecule has 1 atom stereocenters. The summed E-state index contributed by atoms with van der Waals surface area (Å²) in [6, 6.07) is 0. The van der Waals surface area contributed by atoms with Crippen LogP contribution in [0.3, 0.4) is 0 Å². The smallest absolute Gasteiger partial charge is 0.407 e. The molecule has 1 unspecified atom stereocenters. The van der Waals surface area contributed by atoms with Gasteiger partial charge < -0.3 is 10.2 Å². The summed E-state index contributed by atoms with van der Waals surface area (Å²) >= 11 is 0. The van der Waals surface area contributed by atoms with Crippen LogP contribution in [0.1, 0.15) is 40.0 Å². The number of aliphatic hydroxyl groups excluding tert-OH is 1. The number of carbonyl (C=O) groups is 1. The summed E-state index contributed by atoms with van der Waals surface area (Å²) in [5.74, 6) is 0. The molecule has 0 aromatic heterocycles. The number of likely N-dealkylation sites (tertiary alicyclic amines) is 1. The summed E-state index contributed by atoms with van der Waals surface area (Å²) in [4.78, 5) is 12.6. The standard InChI is InChI=1S/C11H21NO3/c1-10(2,3)11(8-13)6-4-5-7-12(11)9(14)15/h13H,4-8H2,1-3H3,(H,14,15). The lowest BCUT2D eigenvalue weighted by Crippen LogP contribution is -2.63. The van der Waals surface area contributed by atoms with Crippen molar-refractivity contribution in [3.05, 3.63) is 0 Å².